The largest absolute Gasteiger partial charge is 0.443 e. The summed E-state index contributed by atoms with van der Waals surface area (Å²) in [5.41, 5.74) is -0.856. The highest BCUT2D eigenvalue weighted by Gasteiger charge is 2.40. The Bertz CT molecular complexity index is 334. The Hall–Kier alpha value is -1.08. The zero-order valence-electron chi connectivity index (χ0n) is 11.2. The quantitative estimate of drug-likeness (QED) is 0.720. The lowest BCUT2D eigenvalue weighted by Gasteiger charge is -2.36. The number of carbonyl (C=O) groups excluding carboxylic acids is 1. The van der Waals surface area contributed by atoms with Crippen molar-refractivity contribution in [1.82, 2.24) is 4.90 Å². The van der Waals surface area contributed by atoms with Gasteiger partial charge in [0, 0.05) is 25.9 Å². The van der Waals surface area contributed by atoms with Crippen molar-refractivity contribution in [2.75, 3.05) is 19.6 Å². The van der Waals surface area contributed by atoms with Gasteiger partial charge in [0.25, 0.3) is 0 Å². The molecule has 0 aromatic heterocycles. The van der Waals surface area contributed by atoms with Gasteiger partial charge in [0.05, 0.1) is 5.92 Å². The van der Waals surface area contributed by atoms with Crippen LogP contribution in [0, 0.1) is 17.2 Å². The highest BCUT2D eigenvalue weighted by molar-refractivity contribution is 5.73. The molecule has 0 unspecified atom stereocenters. The first-order valence-corrected chi connectivity index (χ1v) is 7.05. The molecule has 1 saturated heterocycles. The summed E-state index contributed by atoms with van der Waals surface area (Å²) in [4.78, 5) is 14.3. The summed E-state index contributed by atoms with van der Waals surface area (Å²) in [5, 5.41) is 9.35. The van der Waals surface area contributed by atoms with Crippen LogP contribution >= 0.6 is 0 Å². The highest BCUT2D eigenvalue weighted by Crippen LogP contribution is 2.31. The van der Waals surface area contributed by atoms with Gasteiger partial charge >= 0.3 is 5.97 Å². The minimum atomic E-state index is -0.856. The standard InChI is InChI=1S/C14H22N2O2/c1-2-16-9-7-14(11-15,8-10-16)18-13(17)12-5-3-4-6-12/h12H,2-10H2,1H3. The fraction of sp³-hybridized carbons (Fsp3) is 0.857. The Balaban J connectivity index is 1.92. The van der Waals surface area contributed by atoms with Gasteiger partial charge in [-0.25, -0.2) is 0 Å². The van der Waals surface area contributed by atoms with Crippen molar-refractivity contribution < 1.29 is 9.53 Å². The number of hydrogen-bond acceptors (Lipinski definition) is 4. The minimum Gasteiger partial charge on any atom is -0.443 e. The lowest BCUT2D eigenvalue weighted by molar-refractivity contribution is -0.162. The molecule has 0 bridgehead atoms. The van der Waals surface area contributed by atoms with Gasteiger partial charge < -0.3 is 9.64 Å². The Kier molecular flexibility index (Phi) is 4.23. The number of ether oxygens (including phenoxy) is 1. The number of likely N-dealkylation sites (tertiary alicyclic amines) is 1. The molecular weight excluding hydrogens is 228 g/mol. The molecule has 0 N–H and O–H groups in total. The molecule has 0 spiro atoms. The van der Waals surface area contributed by atoms with Crippen molar-refractivity contribution in [2.24, 2.45) is 5.92 Å². The summed E-state index contributed by atoms with van der Waals surface area (Å²) in [7, 11) is 0. The van der Waals surface area contributed by atoms with Gasteiger partial charge in [-0.15, -0.1) is 0 Å². The van der Waals surface area contributed by atoms with E-state index in [-0.39, 0.29) is 11.9 Å². The third-order valence-electron chi connectivity index (χ3n) is 4.30. The van der Waals surface area contributed by atoms with Crippen molar-refractivity contribution in [2.45, 2.75) is 51.0 Å². The molecule has 2 aliphatic rings. The van der Waals surface area contributed by atoms with Gasteiger partial charge in [-0.3, -0.25) is 4.79 Å². The SMILES string of the molecule is CCN1CCC(C#N)(OC(=O)C2CCCC2)CC1. The molecule has 2 rings (SSSR count). The summed E-state index contributed by atoms with van der Waals surface area (Å²) in [5.74, 6) is -0.0987. The van der Waals surface area contributed by atoms with Crippen molar-refractivity contribution in [1.29, 1.82) is 5.26 Å². The van der Waals surface area contributed by atoms with Gasteiger partial charge in [0.2, 0.25) is 0 Å². The topological polar surface area (TPSA) is 53.3 Å². The van der Waals surface area contributed by atoms with Crippen molar-refractivity contribution >= 4 is 5.97 Å². The minimum absolute atomic E-state index is 0.0411. The molecule has 1 heterocycles. The van der Waals surface area contributed by atoms with E-state index in [9.17, 15) is 10.1 Å². The Labute approximate surface area is 109 Å². The monoisotopic (exact) mass is 250 g/mol. The van der Waals surface area contributed by atoms with E-state index in [0.29, 0.717) is 12.8 Å². The van der Waals surface area contributed by atoms with Crippen molar-refractivity contribution in [3.05, 3.63) is 0 Å². The Morgan fingerprint density at radius 3 is 2.50 bits per heavy atom. The van der Waals surface area contributed by atoms with E-state index in [0.717, 1.165) is 45.3 Å². The number of nitriles is 1. The summed E-state index contributed by atoms with van der Waals surface area (Å²) in [6, 6.07) is 2.25. The number of rotatable bonds is 3. The molecule has 18 heavy (non-hydrogen) atoms. The van der Waals surface area contributed by atoms with Crippen molar-refractivity contribution in [3.63, 3.8) is 0 Å². The normalized spacial score (nSPS) is 24.7. The van der Waals surface area contributed by atoms with Crippen LogP contribution in [0.3, 0.4) is 0 Å². The molecule has 0 amide bonds. The molecule has 100 valence electrons. The third kappa shape index (κ3) is 2.84. The van der Waals surface area contributed by atoms with Gasteiger partial charge in [0.15, 0.2) is 5.60 Å². The van der Waals surface area contributed by atoms with Crippen LogP contribution in [-0.2, 0) is 9.53 Å². The number of piperidine rings is 1. The molecule has 1 aliphatic carbocycles. The molecular formula is C14H22N2O2. The smallest absolute Gasteiger partial charge is 0.310 e. The fourth-order valence-electron chi connectivity index (χ4n) is 2.90. The maximum atomic E-state index is 12.0. The molecule has 0 aromatic carbocycles. The van der Waals surface area contributed by atoms with E-state index >= 15 is 0 Å². The number of esters is 1. The van der Waals surface area contributed by atoms with Crippen LogP contribution in [0.1, 0.15) is 45.4 Å². The van der Waals surface area contributed by atoms with E-state index in [1.807, 2.05) is 0 Å². The molecule has 0 aromatic rings. The predicted octanol–water partition coefficient (Wildman–Crippen LogP) is 2.10. The van der Waals surface area contributed by atoms with E-state index in [4.69, 9.17) is 4.74 Å². The Morgan fingerprint density at radius 2 is 2.00 bits per heavy atom. The van der Waals surface area contributed by atoms with E-state index in [1.54, 1.807) is 0 Å². The summed E-state index contributed by atoms with van der Waals surface area (Å²) in [6.07, 6.45) is 5.39. The van der Waals surface area contributed by atoms with Crippen LogP contribution in [0.5, 0.6) is 0 Å². The Morgan fingerprint density at radius 1 is 1.39 bits per heavy atom. The third-order valence-corrected chi connectivity index (χ3v) is 4.30. The number of carbonyl (C=O) groups is 1. The number of hydrogen-bond donors (Lipinski definition) is 0. The van der Waals surface area contributed by atoms with Crippen LogP contribution in [0.15, 0.2) is 0 Å². The highest BCUT2D eigenvalue weighted by atomic mass is 16.6. The number of nitrogens with zero attached hydrogens (tertiary/aromatic N) is 2. The average molecular weight is 250 g/mol. The second kappa shape index (κ2) is 5.71. The summed E-state index contributed by atoms with van der Waals surface area (Å²) >= 11 is 0. The lowest BCUT2D eigenvalue weighted by atomic mass is 9.92. The fourth-order valence-corrected chi connectivity index (χ4v) is 2.90. The van der Waals surface area contributed by atoms with Crippen molar-refractivity contribution in [3.8, 4) is 6.07 Å². The average Bonchev–Trinajstić information content (AvgIpc) is 2.93. The van der Waals surface area contributed by atoms with Crippen LogP contribution in [-0.4, -0.2) is 36.1 Å². The summed E-state index contributed by atoms with van der Waals surface area (Å²) < 4.78 is 5.58. The molecule has 4 nitrogen and oxygen atoms in total. The molecule has 2 fully saturated rings. The first kappa shape index (κ1) is 13.4. The zero-order chi connectivity index (χ0) is 13.0. The van der Waals surface area contributed by atoms with Crippen LogP contribution in [0.4, 0.5) is 0 Å². The van der Waals surface area contributed by atoms with E-state index < -0.39 is 5.60 Å². The molecule has 4 heteroatoms. The van der Waals surface area contributed by atoms with Crippen LogP contribution in [0.2, 0.25) is 0 Å². The van der Waals surface area contributed by atoms with E-state index in [1.165, 1.54) is 0 Å². The zero-order valence-corrected chi connectivity index (χ0v) is 11.2. The molecule has 1 saturated carbocycles. The summed E-state index contributed by atoms with van der Waals surface area (Å²) in [6.45, 7) is 4.81. The first-order valence-electron chi connectivity index (χ1n) is 7.05. The van der Waals surface area contributed by atoms with Gasteiger partial charge in [-0.1, -0.05) is 19.8 Å². The lowest BCUT2D eigenvalue weighted by Crippen LogP contribution is -2.46. The van der Waals surface area contributed by atoms with Gasteiger partial charge in [-0.2, -0.15) is 5.26 Å². The van der Waals surface area contributed by atoms with Crippen LogP contribution < -0.4 is 0 Å². The second-order valence-corrected chi connectivity index (χ2v) is 5.44. The van der Waals surface area contributed by atoms with E-state index in [2.05, 4.69) is 17.9 Å². The first-order chi connectivity index (χ1) is 8.69. The van der Waals surface area contributed by atoms with Gasteiger partial charge in [0.1, 0.15) is 6.07 Å². The molecule has 1 aliphatic heterocycles. The maximum Gasteiger partial charge on any atom is 0.310 e. The van der Waals surface area contributed by atoms with Gasteiger partial charge in [-0.05, 0) is 19.4 Å². The molecule has 0 radical (unpaired) electrons. The maximum absolute atomic E-state index is 12.0. The van der Waals surface area contributed by atoms with Crippen LogP contribution in [0.25, 0.3) is 0 Å². The molecule has 0 atom stereocenters. The predicted molar refractivity (Wildman–Crippen MR) is 67.7 cm³/mol. The second-order valence-electron chi connectivity index (χ2n) is 5.44.